The molecule has 0 fully saturated rings. The fourth-order valence-electron chi connectivity index (χ4n) is 1.05. The number of sulfonamides is 1. The Bertz CT molecular complexity index is 432. The summed E-state index contributed by atoms with van der Waals surface area (Å²) in [6.07, 6.45) is 0.804. The zero-order chi connectivity index (χ0) is 12.2. The summed E-state index contributed by atoms with van der Waals surface area (Å²) in [4.78, 5) is 0. The SMILES string of the molecule is CC(CCCl)CNS(=O)(=O)c1ccc(Br)s1. The Morgan fingerprint density at radius 1 is 1.56 bits per heavy atom. The molecule has 1 unspecified atom stereocenters. The highest BCUT2D eigenvalue weighted by molar-refractivity contribution is 9.11. The molecule has 0 aliphatic heterocycles. The van der Waals surface area contributed by atoms with Crippen LogP contribution in [0.25, 0.3) is 0 Å². The third-order valence-electron chi connectivity index (χ3n) is 2.04. The van der Waals surface area contributed by atoms with E-state index in [1.54, 1.807) is 12.1 Å². The Morgan fingerprint density at radius 2 is 2.25 bits per heavy atom. The van der Waals surface area contributed by atoms with Crippen LogP contribution in [0, 0.1) is 5.92 Å². The molecule has 0 amide bonds. The molecule has 0 saturated heterocycles. The standard InChI is InChI=1S/C9H13BrClNO2S2/c1-7(4-5-11)6-12-16(13,14)9-3-2-8(10)15-9/h2-3,7,12H,4-6H2,1H3. The van der Waals surface area contributed by atoms with Crippen molar-refractivity contribution in [2.75, 3.05) is 12.4 Å². The minimum absolute atomic E-state index is 0.246. The van der Waals surface area contributed by atoms with Crippen molar-refractivity contribution in [2.24, 2.45) is 5.92 Å². The zero-order valence-corrected chi connectivity index (χ0v) is 12.7. The van der Waals surface area contributed by atoms with Crippen LogP contribution in [-0.2, 0) is 10.0 Å². The number of hydrogen-bond donors (Lipinski definition) is 1. The molecule has 1 aromatic heterocycles. The van der Waals surface area contributed by atoms with Gasteiger partial charge in [-0.1, -0.05) is 6.92 Å². The molecular formula is C9H13BrClNO2S2. The third kappa shape index (κ3) is 4.33. The van der Waals surface area contributed by atoms with E-state index in [1.807, 2.05) is 6.92 Å². The fourth-order valence-corrected chi connectivity index (χ4v) is 4.65. The van der Waals surface area contributed by atoms with Gasteiger partial charge in [0.1, 0.15) is 4.21 Å². The molecular weight excluding hydrogens is 334 g/mol. The van der Waals surface area contributed by atoms with E-state index < -0.39 is 10.0 Å². The first-order valence-corrected chi connectivity index (χ1v) is 8.39. The maximum absolute atomic E-state index is 11.8. The van der Waals surface area contributed by atoms with Gasteiger partial charge < -0.3 is 0 Å². The molecule has 3 nitrogen and oxygen atoms in total. The van der Waals surface area contributed by atoms with Crippen LogP contribution >= 0.6 is 38.9 Å². The van der Waals surface area contributed by atoms with Gasteiger partial charge in [-0.3, -0.25) is 0 Å². The molecule has 7 heteroatoms. The highest BCUT2D eigenvalue weighted by Gasteiger charge is 2.16. The van der Waals surface area contributed by atoms with Crippen molar-refractivity contribution in [1.82, 2.24) is 4.72 Å². The summed E-state index contributed by atoms with van der Waals surface area (Å²) in [5.74, 6) is 0.795. The van der Waals surface area contributed by atoms with Gasteiger partial charge in [-0.25, -0.2) is 13.1 Å². The molecule has 0 aliphatic rings. The van der Waals surface area contributed by atoms with E-state index in [4.69, 9.17) is 11.6 Å². The van der Waals surface area contributed by atoms with Gasteiger partial charge in [0.25, 0.3) is 0 Å². The van der Waals surface area contributed by atoms with Crippen LogP contribution in [0.3, 0.4) is 0 Å². The minimum atomic E-state index is -3.36. The van der Waals surface area contributed by atoms with Gasteiger partial charge in [-0.2, -0.15) is 0 Å². The number of halogens is 2. The molecule has 92 valence electrons. The molecule has 0 saturated carbocycles. The first-order chi connectivity index (χ1) is 7.45. The lowest BCUT2D eigenvalue weighted by molar-refractivity contribution is 0.531. The summed E-state index contributed by atoms with van der Waals surface area (Å²) in [5, 5.41) is 0. The normalized spacial score (nSPS) is 13.9. The second-order valence-electron chi connectivity index (χ2n) is 3.49. The number of nitrogens with one attached hydrogen (secondary N) is 1. The van der Waals surface area contributed by atoms with Gasteiger partial charge in [0.2, 0.25) is 10.0 Å². The minimum Gasteiger partial charge on any atom is -0.210 e. The van der Waals surface area contributed by atoms with Crippen LogP contribution in [-0.4, -0.2) is 20.8 Å². The largest absolute Gasteiger partial charge is 0.250 e. The van der Waals surface area contributed by atoms with Crippen LogP contribution in [0.1, 0.15) is 13.3 Å². The average Bonchev–Trinajstić information content (AvgIpc) is 2.63. The third-order valence-corrected chi connectivity index (χ3v) is 5.79. The number of thiophene rings is 1. The lowest BCUT2D eigenvalue weighted by Gasteiger charge is -2.10. The summed E-state index contributed by atoms with van der Waals surface area (Å²) < 4.78 is 27.3. The molecule has 0 radical (unpaired) electrons. The summed E-state index contributed by atoms with van der Waals surface area (Å²) >= 11 is 10.0. The van der Waals surface area contributed by atoms with Crippen LogP contribution in [0.2, 0.25) is 0 Å². The molecule has 0 spiro atoms. The molecule has 1 atom stereocenters. The van der Waals surface area contributed by atoms with Gasteiger partial charge in [-0.05, 0) is 40.4 Å². The Hall–Kier alpha value is 0.380. The van der Waals surface area contributed by atoms with Crippen molar-refractivity contribution >= 4 is 48.9 Å². The van der Waals surface area contributed by atoms with Crippen molar-refractivity contribution < 1.29 is 8.42 Å². The molecule has 1 heterocycles. The van der Waals surface area contributed by atoms with Gasteiger partial charge in [0.15, 0.2) is 0 Å². The van der Waals surface area contributed by atoms with Crippen LogP contribution in [0.15, 0.2) is 20.1 Å². The molecule has 1 rings (SSSR count). The average molecular weight is 347 g/mol. The Labute approximate surface area is 113 Å². The van der Waals surface area contributed by atoms with Gasteiger partial charge in [0, 0.05) is 12.4 Å². The molecule has 1 N–H and O–H groups in total. The predicted molar refractivity (Wildman–Crippen MR) is 71.7 cm³/mol. The van der Waals surface area contributed by atoms with E-state index in [1.165, 1.54) is 11.3 Å². The summed E-state index contributed by atoms with van der Waals surface area (Å²) in [7, 11) is -3.36. The summed E-state index contributed by atoms with van der Waals surface area (Å²) in [6.45, 7) is 2.39. The van der Waals surface area contributed by atoms with Crippen molar-refractivity contribution in [3.8, 4) is 0 Å². The quantitative estimate of drug-likeness (QED) is 0.805. The van der Waals surface area contributed by atoms with E-state index >= 15 is 0 Å². The number of rotatable bonds is 6. The van der Waals surface area contributed by atoms with E-state index in [0.29, 0.717) is 16.6 Å². The topological polar surface area (TPSA) is 46.2 Å². The van der Waals surface area contributed by atoms with Crippen molar-refractivity contribution in [2.45, 2.75) is 17.6 Å². The predicted octanol–water partition coefficient (Wildman–Crippen LogP) is 3.05. The first-order valence-electron chi connectivity index (χ1n) is 4.76. The molecule has 0 aromatic carbocycles. The monoisotopic (exact) mass is 345 g/mol. The Kier molecular flexibility index (Phi) is 5.73. The van der Waals surface area contributed by atoms with Crippen molar-refractivity contribution in [1.29, 1.82) is 0 Å². The lowest BCUT2D eigenvalue weighted by Crippen LogP contribution is -2.28. The summed E-state index contributed by atoms with van der Waals surface area (Å²) in [5.41, 5.74) is 0. The number of alkyl halides is 1. The van der Waals surface area contributed by atoms with E-state index in [2.05, 4.69) is 20.7 Å². The van der Waals surface area contributed by atoms with Crippen LogP contribution in [0.5, 0.6) is 0 Å². The second kappa shape index (κ2) is 6.35. The molecule has 1 aromatic rings. The highest BCUT2D eigenvalue weighted by atomic mass is 79.9. The van der Waals surface area contributed by atoms with Crippen molar-refractivity contribution in [3.05, 3.63) is 15.9 Å². The Balaban J connectivity index is 2.59. The summed E-state index contributed by atoms with van der Waals surface area (Å²) in [6, 6.07) is 3.31. The van der Waals surface area contributed by atoms with E-state index in [9.17, 15) is 8.42 Å². The first kappa shape index (κ1) is 14.4. The van der Waals surface area contributed by atoms with Crippen LogP contribution in [0.4, 0.5) is 0 Å². The van der Waals surface area contributed by atoms with Gasteiger partial charge in [-0.15, -0.1) is 22.9 Å². The van der Waals surface area contributed by atoms with E-state index in [-0.39, 0.29) is 5.92 Å². The van der Waals surface area contributed by atoms with Crippen molar-refractivity contribution in [3.63, 3.8) is 0 Å². The van der Waals surface area contributed by atoms with Crippen LogP contribution < -0.4 is 4.72 Å². The maximum Gasteiger partial charge on any atom is 0.250 e. The highest BCUT2D eigenvalue weighted by Crippen LogP contribution is 2.25. The van der Waals surface area contributed by atoms with Gasteiger partial charge >= 0.3 is 0 Å². The molecule has 0 bridgehead atoms. The number of hydrogen-bond acceptors (Lipinski definition) is 3. The Morgan fingerprint density at radius 3 is 2.75 bits per heavy atom. The zero-order valence-electron chi connectivity index (χ0n) is 8.74. The molecule has 0 aliphatic carbocycles. The maximum atomic E-state index is 11.8. The van der Waals surface area contributed by atoms with E-state index in [0.717, 1.165) is 10.2 Å². The molecule has 16 heavy (non-hydrogen) atoms. The smallest absolute Gasteiger partial charge is 0.210 e. The fraction of sp³-hybridized carbons (Fsp3) is 0.556. The van der Waals surface area contributed by atoms with Gasteiger partial charge in [0.05, 0.1) is 3.79 Å². The second-order valence-corrected chi connectivity index (χ2v) is 8.33. The lowest BCUT2D eigenvalue weighted by atomic mass is 10.1.